The molecule has 0 aliphatic rings. The first-order valence-corrected chi connectivity index (χ1v) is 9.46. The topological polar surface area (TPSA) is 58.5 Å². The molecule has 28 heavy (non-hydrogen) atoms. The maximum absolute atomic E-state index is 4.65. The van der Waals surface area contributed by atoms with Crippen LogP contribution in [0.2, 0.25) is 0 Å². The second-order valence-electron chi connectivity index (χ2n) is 7.26. The number of imidazole rings is 1. The summed E-state index contributed by atoms with van der Waals surface area (Å²) in [6.07, 6.45) is 1.85. The number of nitrogens with one attached hydrogen (secondary N) is 2. The Kier molecular flexibility index (Phi) is 4.74. The number of hydrogen-bond donors (Lipinski definition) is 2. The number of rotatable bonds is 5. The van der Waals surface area contributed by atoms with Gasteiger partial charge in [0, 0.05) is 18.7 Å². The van der Waals surface area contributed by atoms with Crippen molar-refractivity contribution in [2.45, 2.75) is 27.3 Å². The zero-order valence-electron chi connectivity index (χ0n) is 16.7. The Labute approximate surface area is 165 Å². The van der Waals surface area contributed by atoms with Crippen LogP contribution in [0.4, 0.5) is 5.82 Å². The van der Waals surface area contributed by atoms with Gasteiger partial charge in [-0.1, -0.05) is 42.5 Å². The molecule has 0 aliphatic carbocycles. The number of benzene rings is 2. The number of H-pyrrole nitrogens is 1. The van der Waals surface area contributed by atoms with Crippen LogP contribution in [0.3, 0.4) is 0 Å². The van der Waals surface area contributed by atoms with Crippen LogP contribution >= 0.6 is 0 Å². The molecule has 0 saturated heterocycles. The molecule has 0 atom stereocenters. The Morgan fingerprint density at radius 2 is 1.61 bits per heavy atom. The van der Waals surface area contributed by atoms with Gasteiger partial charge < -0.3 is 10.3 Å². The molecule has 0 bridgehead atoms. The van der Waals surface area contributed by atoms with Gasteiger partial charge in [0.1, 0.15) is 11.6 Å². The van der Waals surface area contributed by atoms with Crippen molar-refractivity contribution in [1.29, 1.82) is 0 Å². The molecule has 2 aromatic carbocycles. The van der Waals surface area contributed by atoms with Crippen molar-refractivity contribution in [3.8, 4) is 22.4 Å². The van der Waals surface area contributed by atoms with Gasteiger partial charge in [0.05, 0.1) is 24.1 Å². The third kappa shape index (κ3) is 3.69. The van der Waals surface area contributed by atoms with Crippen LogP contribution in [0, 0.1) is 20.8 Å². The summed E-state index contributed by atoms with van der Waals surface area (Å²) in [7, 11) is 1.95. The quantitative estimate of drug-likeness (QED) is 0.518. The van der Waals surface area contributed by atoms with Crippen LogP contribution in [0.5, 0.6) is 0 Å². The van der Waals surface area contributed by atoms with Crippen LogP contribution in [-0.2, 0) is 13.6 Å². The number of aromatic nitrogens is 4. The summed E-state index contributed by atoms with van der Waals surface area (Å²) in [6.45, 7) is 6.93. The first-order valence-electron chi connectivity index (χ1n) is 9.46. The molecule has 2 heterocycles. The van der Waals surface area contributed by atoms with Crippen LogP contribution in [0.15, 0.2) is 54.7 Å². The van der Waals surface area contributed by atoms with E-state index in [9.17, 15) is 0 Å². The molecule has 0 radical (unpaired) electrons. The van der Waals surface area contributed by atoms with Gasteiger partial charge in [0.15, 0.2) is 0 Å². The van der Waals surface area contributed by atoms with Crippen molar-refractivity contribution < 1.29 is 0 Å². The Bertz CT molecular complexity index is 1100. The highest BCUT2D eigenvalue weighted by molar-refractivity contribution is 5.70. The van der Waals surface area contributed by atoms with Gasteiger partial charge in [-0.3, -0.25) is 4.68 Å². The van der Waals surface area contributed by atoms with E-state index in [4.69, 9.17) is 0 Å². The van der Waals surface area contributed by atoms with Crippen molar-refractivity contribution in [1.82, 2.24) is 19.7 Å². The first kappa shape index (κ1) is 18.0. The SMILES string of the molecule is Cc1ncc(CNc2cc(-c3ccc(-c4ccc(C)c(C)c4)cc3)nn2C)[nH]1. The Morgan fingerprint density at radius 1 is 0.893 bits per heavy atom. The molecule has 2 aromatic heterocycles. The van der Waals surface area contributed by atoms with E-state index in [1.807, 2.05) is 24.9 Å². The fourth-order valence-corrected chi connectivity index (χ4v) is 3.28. The molecule has 0 unspecified atom stereocenters. The highest BCUT2D eigenvalue weighted by atomic mass is 15.3. The molecule has 0 saturated carbocycles. The van der Waals surface area contributed by atoms with Crippen molar-refractivity contribution in [2.24, 2.45) is 7.05 Å². The average Bonchev–Trinajstić information content (AvgIpc) is 3.28. The fraction of sp³-hybridized carbons (Fsp3) is 0.217. The lowest BCUT2D eigenvalue weighted by atomic mass is 9.99. The molecule has 5 nitrogen and oxygen atoms in total. The minimum absolute atomic E-state index is 0.686. The molecular formula is C23H25N5. The highest BCUT2D eigenvalue weighted by Crippen LogP contribution is 2.27. The van der Waals surface area contributed by atoms with E-state index in [-0.39, 0.29) is 0 Å². The van der Waals surface area contributed by atoms with E-state index in [0.717, 1.165) is 28.6 Å². The maximum Gasteiger partial charge on any atom is 0.124 e. The predicted molar refractivity (Wildman–Crippen MR) is 114 cm³/mol. The van der Waals surface area contributed by atoms with E-state index in [1.165, 1.54) is 22.3 Å². The van der Waals surface area contributed by atoms with E-state index < -0.39 is 0 Å². The zero-order chi connectivity index (χ0) is 19.7. The number of aromatic amines is 1. The summed E-state index contributed by atoms with van der Waals surface area (Å²) in [5, 5.41) is 8.07. The summed E-state index contributed by atoms with van der Waals surface area (Å²) in [4.78, 5) is 7.46. The molecule has 4 aromatic rings. The fourth-order valence-electron chi connectivity index (χ4n) is 3.28. The summed E-state index contributed by atoms with van der Waals surface area (Å²) in [5.41, 5.74) is 8.21. The van der Waals surface area contributed by atoms with Gasteiger partial charge in [0.2, 0.25) is 0 Å². The normalized spacial score (nSPS) is 11.0. The Hall–Kier alpha value is -3.34. The number of hydrogen-bond acceptors (Lipinski definition) is 3. The summed E-state index contributed by atoms with van der Waals surface area (Å²) in [5.74, 6) is 1.90. The van der Waals surface area contributed by atoms with E-state index >= 15 is 0 Å². The number of anilines is 1. The predicted octanol–water partition coefficient (Wildman–Crippen LogP) is 5.01. The smallest absolute Gasteiger partial charge is 0.124 e. The minimum atomic E-state index is 0.686. The monoisotopic (exact) mass is 371 g/mol. The molecule has 142 valence electrons. The summed E-state index contributed by atoms with van der Waals surface area (Å²) < 4.78 is 1.87. The Morgan fingerprint density at radius 3 is 2.29 bits per heavy atom. The summed E-state index contributed by atoms with van der Waals surface area (Å²) in [6, 6.07) is 17.3. The lowest BCUT2D eigenvalue weighted by molar-refractivity contribution is 0.771. The van der Waals surface area contributed by atoms with E-state index in [1.54, 1.807) is 0 Å². The van der Waals surface area contributed by atoms with Gasteiger partial charge in [-0.15, -0.1) is 0 Å². The minimum Gasteiger partial charge on any atom is -0.365 e. The van der Waals surface area contributed by atoms with E-state index in [0.29, 0.717) is 6.54 Å². The Balaban J connectivity index is 1.52. The second-order valence-corrected chi connectivity index (χ2v) is 7.26. The molecule has 0 spiro atoms. The summed E-state index contributed by atoms with van der Waals surface area (Å²) >= 11 is 0. The highest BCUT2D eigenvalue weighted by Gasteiger charge is 2.08. The van der Waals surface area contributed by atoms with Crippen LogP contribution in [0.25, 0.3) is 22.4 Å². The van der Waals surface area contributed by atoms with Crippen LogP contribution in [-0.4, -0.2) is 19.7 Å². The first-order chi connectivity index (χ1) is 13.5. The van der Waals surface area contributed by atoms with Crippen LogP contribution < -0.4 is 5.32 Å². The second kappa shape index (κ2) is 7.35. The largest absolute Gasteiger partial charge is 0.365 e. The van der Waals surface area contributed by atoms with E-state index in [2.05, 4.69) is 82.8 Å². The van der Waals surface area contributed by atoms with Gasteiger partial charge in [-0.25, -0.2) is 4.98 Å². The third-order valence-corrected chi connectivity index (χ3v) is 5.12. The van der Waals surface area contributed by atoms with Gasteiger partial charge >= 0.3 is 0 Å². The maximum atomic E-state index is 4.65. The third-order valence-electron chi connectivity index (χ3n) is 5.12. The standard InChI is InChI=1S/C23H25N5/c1-15-5-6-20(11-16(15)2)18-7-9-19(10-8-18)22-12-23(28(4)27-22)25-14-21-13-24-17(3)26-21/h5-13,25H,14H2,1-4H3,(H,24,26). The molecule has 0 aliphatic heterocycles. The van der Waals surface area contributed by atoms with Gasteiger partial charge in [-0.2, -0.15) is 5.10 Å². The van der Waals surface area contributed by atoms with Crippen molar-refractivity contribution >= 4 is 5.82 Å². The average molecular weight is 371 g/mol. The molecule has 5 heteroatoms. The molecular weight excluding hydrogens is 346 g/mol. The molecule has 2 N–H and O–H groups in total. The lowest BCUT2D eigenvalue weighted by Crippen LogP contribution is -2.04. The lowest BCUT2D eigenvalue weighted by Gasteiger charge is -2.06. The number of nitrogens with zero attached hydrogens (tertiary/aromatic N) is 3. The van der Waals surface area contributed by atoms with Crippen molar-refractivity contribution in [3.05, 3.63) is 77.4 Å². The molecule has 4 rings (SSSR count). The van der Waals surface area contributed by atoms with Crippen LogP contribution in [0.1, 0.15) is 22.6 Å². The number of aryl methyl sites for hydroxylation is 4. The van der Waals surface area contributed by atoms with Gasteiger partial charge in [0.25, 0.3) is 0 Å². The van der Waals surface area contributed by atoms with Crippen molar-refractivity contribution in [3.63, 3.8) is 0 Å². The van der Waals surface area contributed by atoms with Gasteiger partial charge in [-0.05, 0) is 43.0 Å². The van der Waals surface area contributed by atoms with Crippen molar-refractivity contribution in [2.75, 3.05) is 5.32 Å². The zero-order valence-corrected chi connectivity index (χ0v) is 16.7. The molecule has 0 amide bonds. The molecule has 0 fully saturated rings.